The van der Waals surface area contributed by atoms with E-state index in [0.717, 1.165) is 5.56 Å². The van der Waals surface area contributed by atoms with Crippen LogP contribution in [-0.2, 0) is 9.59 Å². The smallest absolute Gasteiger partial charge is 0.309 e. The Hall–Kier alpha value is -2.04. The molecule has 1 fully saturated rings. The molecule has 5 nitrogen and oxygen atoms in total. The molecule has 0 aromatic heterocycles. The Labute approximate surface area is 111 Å². The van der Waals surface area contributed by atoms with Crippen LogP contribution in [0.15, 0.2) is 24.3 Å². The number of methoxy groups -OCH3 is 1. The van der Waals surface area contributed by atoms with Gasteiger partial charge in [0.15, 0.2) is 0 Å². The third-order valence-electron chi connectivity index (χ3n) is 3.55. The molecule has 1 aromatic carbocycles. The van der Waals surface area contributed by atoms with Crippen LogP contribution in [-0.4, -0.2) is 35.5 Å². The lowest BCUT2D eigenvalue weighted by Gasteiger charge is -2.26. The van der Waals surface area contributed by atoms with Gasteiger partial charge in [0.1, 0.15) is 5.75 Å². The fraction of sp³-hybridized carbons (Fsp3) is 0.429. The number of carbonyl (C=O) groups excluding carboxylic acids is 1. The largest absolute Gasteiger partial charge is 0.497 e. The van der Waals surface area contributed by atoms with Crippen LogP contribution in [0, 0.1) is 5.92 Å². The Morgan fingerprint density at radius 2 is 2.05 bits per heavy atom. The van der Waals surface area contributed by atoms with Crippen LogP contribution >= 0.6 is 0 Å². The molecular weight excluding hydrogens is 246 g/mol. The van der Waals surface area contributed by atoms with E-state index < -0.39 is 11.9 Å². The Morgan fingerprint density at radius 3 is 2.53 bits per heavy atom. The summed E-state index contributed by atoms with van der Waals surface area (Å²) in [7, 11) is 1.58. The maximum Gasteiger partial charge on any atom is 0.309 e. The summed E-state index contributed by atoms with van der Waals surface area (Å²) in [5, 5.41) is 9.27. The van der Waals surface area contributed by atoms with Crippen LogP contribution < -0.4 is 4.74 Å². The first kappa shape index (κ1) is 13.4. The molecular formula is C14H17NO4. The number of rotatable bonds is 4. The summed E-state index contributed by atoms with van der Waals surface area (Å²) < 4.78 is 5.08. The van der Waals surface area contributed by atoms with Gasteiger partial charge in [-0.2, -0.15) is 0 Å². The topological polar surface area (TPSA) is 66.8 Å². The normalized spacial score (nSPS) is 22.6. The van der Waals surface area contributed by atoms with Crippen LogP contribution in [0.4, 0.5) is 0 Å². The second kappa shape index (κ2) is 5.30. The molecule has 1 aliphatic heterocycles. The minimum Gasteiger partial charge on any atom is -0.497 e. The van der Waals surface area contributed by atoms with Gasteiger partial charge in [0.25, 0.3) is 0 Å². The molecule has 0 spiro atoms. The van der Waals surface area contributed by atoms with E-state index in [9.17, 15) is 14.7 Å². The average Bonchev–Trinajstić information content (AvgIpc) is 2.76. The number of carboxylic acid groups (broad SMARTS) is 1. The molecule has 0 radical (unpaired) electrons. The number of benzene rings is 1. The lowest BCUT2D eigenvalue weighted by molar-refractivity contribution is -0.142. The first-order chi connectivity index (χ1) is 9.08. The molecule has 2 atom stereocenters. The zero-order chi connectivity index (χ0) is 14.0. The number of carbonyl (C=O) groups is 2. The van der Waals surface area contributed by atoms with Crippen molar-refractivity contribution in [2.45, 2.75) is 19.4 Å². The monoisotopic (exact) mass is 263 g/mol. The van der Waals surface area contributed by atoms with Gasteiger partial charge in [0, 0.05) is 13.0 Å². The van der Waals surface area contributed by atoms with Crippen molar-refractivity contribution in [3.05, 3.63) is 29.8 Å². The average molecular weight is 263 g/mol. The maximum absolute atomic E-state index is 11.9. The minimum atomic E-state index is -0.926. The number of hydrogen-bond donors (Lipinski definition) is 1. The fourth-order valence-corrected chi connectivity index (χ4v) is 2.60. The standard InChI is InChI=1S/C14H17NO4/c1-3-15-12(16)8-11(14(17)18)13(15)9-4-6-10(19-2)7-5-9/h4-7,11,13H,3,8H2,1-2H3,(H,17,18)/t11-,13-/m1/s1. The maximum atomic E-state index is 11.9. The molecule has 1 aliphatic rings. The third kappa shape index (κ3) is 2.41. The van der Waals surface area contributed by atoms with E-state index in [-0.39, 0.29) is 18.4 Å². The number of ether oxygens (including phenoxy) is 1. The van der Waals surface area contributed by atoms with E-state index >= 15 is 0 Å². The quantitative estimate of drug-likeness (QED) is 0.897. The number of hydrogen-bond acceptors (Lipinski definition) is 3. The summed E-state index contributed by atoms with van der Waals surface area (Å²) in [4.78, 5) is 24.8. The Balaban J connectivity index is 2.36. The van der Waals surface area contributed by atoms with Gasteiger partial charge in [-0.1, -0.05) is 12.1 Å². The molecule has 19 heavy (non-hydrogen) atoms. The molecule has 0 aliphatic carbocycles. The molecule has 0 saturated carbocycles. The third-order valence-corrected chi connectivity index (χ3v) is 3.55. The number of amides is 1. The zero-order valence-corrected chi connectivity index (χ0v) is 11.0. The Morgan fingerprint density at radius 1 is 1.42 bits per heavy atom. The molecule has 0 bridgehead atoms. The molecule has 2 rings (SSSR count). The van der Waals surface area contributed by atoms with Crippen molar-refractivity contribution in [2.75, 3.05) is 13.7 Å². The van der Waals surface area contributed by atoms with Crippen LogP contribution in [0.3, 0.4) is 0 Å². The van der Waals surface area contributed by atoms with E-state index in [2.05, 4.69) is 0 Å². The van der Waals surface area contributed by atoms with E-state index in [1.807, 2.05) is 19.1 Å². The van der Waals surface area contributed by atoms with Gasteiger partial charge in [0.05, 0.1) is 19.1 Å². The predicted molar refractivity (Wildman–Crippen MR) is 68.9 cm³/mol. The van der Waals surface area contributed by atoms with E-state index in [0.29, 0.717) is 12.3 Å². The van der Waals surface area contributed by atoms with E-state index in [1.54, 1.807) is 24.1 Å². The molecule has 1 saturated heterocycles. The minimum absolute atomic E-state index is 0.0693. The van der Waals surface area contributed by atoms with Gasteiger partial charge < -0.3 is 14.7 Å². The molecule has 1 heterocycles. The van der Waals surface area contributed by atoms with Crippen LogP contribution in [0.2, 0.25) is 0 Å². The molecule has 1 aromatic rings. The number of carboxylic acids is 1. The summed E-state index contributed by atoms with van der Waals surface area (Å²) in [5.41, 5.74) is 0.834. The predicted octanol–water partition coefficient (Wildman–Crippen LogP) is 1.69. The highest BCUT2D eigenvalue weighted by atomic mass is 16.5. The van der Waals surface area contributed by atoms with Crippen molar-refractivity contribution in [1.82, 2.24) is 4.90 Å². The van der Waals surface area contributed by atoms with Gasteiger partial charge in [0.2, 0.25) is 5.91 Å². The van der Waals surface area contributed by atoms with Crippen LogP contribution in [0.5, 0.6) is 5.75 Å². The summed E-state index contributed by atoms with van der Waals surface area (Å²) >= 11 is 0. The summed E-state index contributed by atoms with van der Waals surface area (Å²) in [6, 6.07) is 6.82. The Bertz CT molecular complexity index is 483. The van der Waals surface area contributed by atoms with Crippen LogP contribution in [0.1, 0.15) is 24.9 Å². The molecule has 1 N–H and O–H groups in total. The first-order valence-electron chi connectivity index (χ1n) is 6.24. The lowest BCUT2D eigenvalue weighted by atomic mass is 9.93. The van der Waals surface area contributed by atoms with E-state index in [1.165, 1.54) is 0 Å². The zero-order valence-electron chi connectivity index (χ0n) is 11.0. The number of aliphatic carboxylic acids is 1. The van der Waals surface area contributed by atoms with Gasteiger partial charge >= 0.3 is 5.97 Å². The molecule has 0 unspecified atom stereocenters. The Kier molecular flexibility index (Phi) is 3.74. The highest BCUT2D eigenvalue weighted by Gasteiger charge is 2.43. The number of likely N-dealkylation sites (tertiary alicyclic amines) is 1. The van der Waals surface area contributed by atoms with Crippen LogP contribution in [0.25, 0.3) is 0 Å². The highest BCUT2D eigenvalue weighted by molar-refractivity contribution is 5.87. The summed E-state index contributed by atoms with van der Waals surface area (Å²) in [6.45, 7) is 2.37. The highest BCUT2D eigenvalue weighted by Crippen LogP contribution is 2.38. The van der Waals surface area contributed by atoms with Crippen molar-refractivity contribution in [3.63, 3.8) is 0 Å². The van der Waals surface area contributed by atoms with Crippen molar-refractivity contribution in [2.24, 2.45) is 5.92 Å². The van der Waals surface area contributed by atoms with E-state index in [4.69, 9.17) is 4.74 Å². The SMILES string of the molecule is CCN1C(=O)C[C@@H](C(=O)O)[C@H]1c1ccc(OC)cc1. The molecule has 1 amide bonds. The molecule has 5 heteroatoms. The number of nitrogens with zero attached hydrogens (tertiary/aromatic N) is 1. The molecule has 102 valence electrons. The fourth-order valence-electron chi connectivity index (χ4n) is 2.60. The van der Waals surface area contributed by atoms with Crippen molar-refractivity contribution in [3.8, 4) is 5.75 Å². The first-order valence-corrected chi connectivity index (χ1v) is 6.24. The van der Waals surface area contributed by atoms with Gasteiger partial charge in [-0.3, -0.25) is 9.59 Å². The lowest BCUT2D eigenvalue weighted by Crippen LogP contribution is -2.30. The second-order valence-electron chi connectivity index (χ2n) is 4.55. The van der Waals surface area contributed by atoms with Crippen molar-refractivity contribution in [1.29, 1.82) is 0 Å². The van der Waals surface area contributed by atoms with Gasteiger partial charge in [-0.15, -0.1) is 0 Å². The summed E-state index contributed by atoms with van der Waals surface area (Å²) in [5.74, 6) is -0.996. The summed E-state index contributed by atoms with van der Waals surface area (Å²) in [6.07, 6.45) is 0.0693. The van der Waals surface area contributed by atoms with Gasteiger partial charge in [-0.25, -0.2) is 0 Å². The van der Waals surface area contributed by atoms with Crippen molar-refractivity contribution < 1.29 is 19.4 Å². The second-order valence-corrected chi connectivity index (χ2v) is 4.55. The van der Waals surface area contributed by atoms with Gasteiger partial charge in [-0.05, 0) is 24.6 Å². The van der Waals surface area contributed by atoms with Crippen molar-refractivity contribution >= 4 is 11.9 Å².